The van der Waals surface area contributed by atoms with Gasteiger partial charge in [0.1, 0.15) is 15.8 Å². The Morgan fingerprint density at radius 3 is 2.68 bits per heavy atom. The first kappa shape index (κ1) is 21.0. The van der Waals surface area contributed by atoms with E-state index in [1.54, 1.807) is 35.4 Å². The fourth-order valence-corrected chi connectivity index (χ4v) is 4.54. The molecule has 0 atom stereocenters. The van der Waals surface area contributed by atoms with Crippen molar-refractivity contribution in [1.82, 2.24) is 14.3 Å². The number of hydrogen-bond donors (Lipinski definition) is 1. The van der Waals surface area contributed by atoms with E-state index in [0.717, 1.165) is 5.56 Å². The molecule has 1 saturated heterocycles. The number of nitrogens with zero attached hydrogens (tertiary/aromatic N) is 3. The number of fused-ring (bicyclic) bond motifs is 1. The maximum Gasteiger partial charge on any atom is 0.267 e. The Labute approximate surface area is 189 Å². The topological polar surface area (TPSA) is 66.7 Å². The number of benzene rings is 1. The lowest BCUT2D eigenvalue weighted by atomic mass is 10.1. The lowest BCUT2D eigenvalue weighted by Gasteiger charge is -2.14. The SMILES string of the molecule is C=CCNc1nc2ccccn2c(=O)c1/C=C1\SC(=S)N(CCc2ccccc2)C1=O. The first-order chi connectivity index (χ1) is 15.1. The van der Waals surface area contributed by atoms with Gasteiger partial charge in [0.05, 0.1) is 10.5 Å². The van der Waals surface area contributed by atoms with Crippen LogP contribution in [0.25, 0.3) is 11.7 Å². The number of carbonyl (C=O) groups excluding carboxylic acids is 1. The molecule has 6 nitrogen and oxygen atoms in total. The van der Waals surface area contributed by atoms with Gasteiger partial charge in [-0.05, 0) is 30.2 Å². The van der Waals surface area contributed by atoms with Crippen LogP contribution < -0.4 is 10.9 Å². The van der Waals surface area contributed by atoms with E-state index in [4.69, 9.17) is 12.2 Å². The van der Waals surface area contributed by atoms with E-state index in [-0.39, 0.29) is 11.5 Å². The number of nitrogens with one attached hydrogen (secondary N) is 1. The Kier molecular flexibility index (Phi) is 6.29. The summed E-state index contributed by atoms with van der Waals surface area (Å²) in [4.78, 5) is 32.7. The summed E-state index contributed by atoms with van der Waals surface area (Å²) in [7, 11) is 0. The monoisotopic (exact) mass is 448 g/mol. The Morgan fingerprint density at radius 2 is 1.90 bits per heavy atom. The van der Waals surface area contributed by atoms with Crippen molar-refractivity contribution >= 4 is 51.7 Å². The average molecular weight is 449 g/mol. The first-order valence-corrected chi connectivity index (χ1v) is 11.0. The molecular weight excluding hydrogens is 428 g/mol. The molecule has 0 unspecified atom stereocenters. The molecule has 1 fully saturated rings. The summed E-state index contributed by atoms with van der Waals surface area (Å²) in [6.45, 7) is 4.63. The average Bonchev–Trinajstić information content (AvgIpc) is 3.06. The molecule has 1 aromatic carbocycles. The van der Waals surface area contributed by atoms with Crippen LogP contribution in [0.5, 0.6) is 0 Å². The molecule has 1 amide bonds. The van der Waals surface area contributed by atoms with Crippen molar-refractivity contribution in [3.05, 3.63) is 93.8 Å². The molecular formula is C23H20N4O2S2. The van der Waals surface area contributed by atoms with Crippen molar-refractivity contribution in [3.8, 4) is 0 Å². The molecule has 3 aromatic rings. The van der Waals surface area contributed by atoms with Gasteiger partial charge in [-0.3, -0.25) is 18.9 Å². The van der Waals surface area contributed by atoms with Crippen LogP contribution in [-0.4, -0.2) is 37.6 Å². The largest absolute Gasteiger partial charge is 0.366 e. The number of thiocarbonyl (C=S) groups is 1. The van der Waals surface area contributed by atoms with Gasteiger partial charge >= 0.3 is 0 Å². The van der Waals surface area contributed by atoms with Gasteiger partial charge in [-0.25, -0.2) is 4.98 Å². The lowest BCUT2D eigenvalue weighted by molar-refractivity contribution is -0.122. The van der Waals surface area contributed by atoms with E-state index in [9.17, 15) is 9.59 Å². The lowest BCUT2D eigenvalue weighted by Crippen LogP contribution is -2.30. The molecule has 0 aliphatic carbocycles. The van der Waals surface area contributed by atoms with Crippen molar-refractivity contribution < 1.29 is 4.79 Å². The Hall–Kier alpha value is -3.23. The summed E-state index contributed by atoms with van der Waals surface area (Å²) in [6, 6.07) is 15.3. The Balaban J connectivity index is 1.66. The van der Waals surface area contributed by atoms with Crippen LogP contribution in [0.15, 0.2) is 77.1 Å². The molecule has 0 saturated carbocycles. The number of pyridine rings is 1. The molecule has 1 aliphatic rings. The molecule has 156 valence electrons. The zero-order chi connectivity index (χ0) is 21.8. The molecule has 1 N–H and O–H groups in total. The second kappa shape index (κ2) is 9.28. The van der Waals surface area contributed by atoms with Gasteiger partial charge in [0, 0.05) is 19.3 Å². The predicted octanol–water partition coefficient (Wildman–Crippen LogP) is 3.74. The van der Waals surface area contributed by atoms with Gasteiger partial charge in [0.2, 0.25) is 0 Å². The van der Waals surface area contributed by atoms with Gasteiger partial charge in [-0.2, -0.15) is 0 Å². The van der Waals surface area contributed by atoms with Crippen LogP contribution in [0.1, 0.15) is 11.1 Å². The minimum atomic E-state index is -0.258. The van der Waals surface area contributed by atoms with E-state index >= 15 is 0 Å². The molecule has 1 aliphatic heterocycles. The van der Waals surface area contributed by atoms with Gasteiger partial charge in [-0.15, -0.1) is 6.58 Å². The minimum Gasteiger partial charge on any atom is -0.366 e. The third-order valence-electron chi connectivity index (χ3n) is 4.80. The number of anilines is 1. The van der Waals surface area contributed by atoms with Crippen molar-refractivity contribution in [2.24, 2.45) is 0 Å². The molecule has 4 rings (SSSR count). The molecule has 3 heterocycles. The summed E-state index contributed by atoms with van der Waals surface area (Å²) in [5, 5.41) is 3.10. The smallest absolute Gasteiger partial charge is 0.267 e. The zero-order valence-electron chi connectivity index (χ0n) is 16.7. The standard InChI is InChI=1S/C23H20N4O2S2/c1-2-12-24-20-17(21(28)26-13-7-6-10-19(26)25-20)15-18-22(29)27(23(30)31-18)14-11-16-8-4-3-5-9-16/h2-10,13,15,24H,1,11-12,14H2/b18-15-. The highest BCUT2D eigenvalue weighted by atomic mass is 32.2. The summed E-state index contributed by atoms with van der Waals surface area (Å²) >= 11 is 6.64. The van der Waals surface area contributed by atoms with E-state index in [0.29, 0.717) is 45.8 Å². The predicted molar refractivity (Wildman–Crippen MR) is 130 cm³/mol. The van der Waals surface area contributed by atoms with E-state index in [2.05, 4.69) is 16.9 Å². The number of rotatable bonds is 7. The highest BCUT2D eigenvalue weighted by Gasteiger charge is 2.32. The second-order valence-corrected chi connectivity index (χ2v) is 8.52. The zero-order valence-corrected chi connectivity index (χ0v) is 18.3. The summed E-state index contributed by atoms with van der Waals surface area (Å²) in [6.07, 6.45) is 5.63. The third-order valence-corrected chi connectivity index (χ3v) is 6.18. The summed E-state index contributed by atoms with van der Waals surface area (Å²) in [5.74, 6) is 0.212. The maximum absolute atomic E-state index is 13.1. The molecule has 0 radical (unpaired) electrons. The van der Waals surface area contributed by atoms with Crippen LogP contribution in [0.4, 0.5) is 5.82 Å². The van der Waals surface area contributed by atoms with E-state index in [1.165, 1.54) is 16.2 Å². The quantitative estimate of drug-likeness (QED) is 0.338. The second-order valence-electron chi connectivity index (χ2n) is 6.85. The van der Waals surface area contributed by atoms with Gasteiger partial charge in [0.25, 0.3) is 11.5 Å². The van der Waals surface area contributed by atoms with Crippen molar-refractivity contribution in [1.29, 1.82) is 0 Å². The number of thioether (sulfide) groups is 1. The van der Waals surface area contributed by atoms with Crippen LogP contribution in [0.2, 0.25) is 0 Å². The summed E-state index contributed by atoms with van der Waals surface area (Å²) < 4.78 is 1.95. The molecule has 2 aromatic heterocycles. The van der Waals surface area contributed by atoms with E-state index in [1.807, 2.05) is 36.4 Å². The molecule has 0 spiro atoms. The van der Waals surface area contributed by atoms with Gasteiger partial charge < -0.3 is 5.32 Å². The Morgan fingerprint density at radius 1 is 1.13 bits per heavy atom. The molecule has 8 heteroatoms. The fraction of sp³-hybridized carbons (Fsp3) is 0.130. The van der Waals surface area contributed by atoms with Crippen molar-refractivity contribution in [3.63, 3.8) is 0 Å². The number of carbonyl (C=O) groups is 1. The summed E-state index contributed by atoms with van der Waals surface area (Å²) in [5.41, 5.74) is 1.71. The first-order valence-electron chi connectivity index (χ1n) is 9.74. The normalized spacial score (nSPS) is 15.1. The van der Waals surface area contributed by atoms with Crippen molar-refractivity contribution in [2.45, 2.75) is 6.42 Å². The fourth-order valence-electron chi connectivity index (χ4n) is 3.25. The Bertz CT molecular complexity index is 1250. The third kappa shape index (κ3) is 4.45. The van der Waals surface area contributed by atoms with Gasteiger partial charge in [0.15, 0.2) is 0 Å². The highest BCUT2D eigenvalue weighted by Crippen LogP contribution is 2.33. The molecule has 0 bridgehead atoms. The van der Waals surface area contributed by atoms with Crippen LogP contribution >= 0.6 is 24.0 Å². The van der Waals surface area contributed by atoms with Crippen LogP contribution in [0.3, 0.4) is 0 Å². The minimum absolute atomic E-state index is 0.196. The van der Waals surface area contributed by atoms with Crippen LogP contribution in [-0.2, 0) is 11.2 Å². The number of amides is 1. The van der Waals surface area contributed by atoms with E-state index < -0.39 is 0 Å². The highest BCUT2D eigenvalue weighted by molar-refractivity contribution is 8.26. The van der Waals surface area contributed by atoms with Crippen LogP contribution in [0, 0.1) is 0 Å². The number of hydrogen-bond acceptors (Lipinski definition) is 6. The molecule has 31 heavy (non-hydrogen) atoms. The maximum atomic E-state index is 13.1. The van der Waals surface area contributed by atoms with Gasteiger partial charge in [-0.1, -0.05) is 66.5 Å². The number of aromatic nitrogens is 2. The van der Waals surface area contributed by atoms with Crippen molar-refractivity contribution in [2.75, 3.05) is 18.4 Å².